The van der Waals surface area contributed by atoms with Gasteiger partial charge in [-0.25, -0.2) is 9.69 Å². The predicted octanol–water partition coefficient (Wildman–Crippen LogP) is -0.563. The Morgan fingerprint density at radius 3 is 1.81 bits per heavy atom. The normalized spacial score (nSPS) is 30.3. The molecule has 2 heterocycles. The maximum absolute atomic E-state index is 12.5. The first-order chi connectivity index (χ1) is 14.4. The van der Waals surface area contributed by atoms with Gasteiger partial charge in [-0.15, -0.1) is 0 Å². The number of nitrogens with zero attached hydrogens (tertiary/aromatic N) is 1. The summed E-state index contributed by atoms with van der Waals surface area (Å²) in [6.07, 6.45) is -9.59. The third-order valence-corrected chi connectivity index (χ3v) is 4.28. The highest BCUT2D eigenvalue weighted by Gasteiger charge is 2.58. The first kappa shape index (κ1) is 24.1. The third kappa shape index (κ3) is 5.69. The number of cyclic esters (lactones) is 1. The highest BCUT2D eigenvalue weighted by molar-refractivity contribution is 6.00. The highest BCUT2D eigenvalue weighted by atomic mass is 16.7. The van der Waals surface area contributed by atoms with Crippen LogP contribution in [0.4, 0.5) is 4.79 Å². The first-order valence-corrected chi connectivity index (χ1v) is 9.26. The van der Waals surface area contributed by atoms with E-state index in [9.17, 15) is 28.8 Å². The number of esters is 4. The average molecular weight is 445 g/mol. The predicted molar refractivity (Wildman–Crippen MR) is 94.7 cm³/mol. The summed E-state index contributed by atoms with van der Waals surface area (Å²) in [4.78, 5) is 71.8. The molecular formula is C18H23NO12. The molecule has 2 saturated heterocycles. The number of carbonyl (C=O) groups excluding carboxylic acids is 6. The molecular weight excluding hydrogens is 422 g/mol. The Morgan fingerprint density at radius 2 is 1.35 bits per heavy atom. The Morgan fingerprint density at radius 1 is 0.839 bits per heavy atom. The molecule has 6 atom stereocenters. The fourth-order valence-electron chi connectivity index (χ4n) is 3.19. The van der Waals surface area contributed by atoms with E-state index in [1.165, 1.54) is 6.92 Å². The van der Waals surface area contributed by atoms with Gasteiger partial charge in [-0.3, -0.25) is 24.0 Å². The molecule has 2 rings (SSSR count). The Kier molecular flexibility index (Phi) is 7.55. The second-order valence-electron chi connectivity index (χ2n) is 6.82. The number of ether oxygens (including phenoxy) is 6. The minimum Gasteiger partial charge on any atom is -0.463 e. The van der Waals surface area contributed by atoms with Gasteiger partial charge in [-0.05, 0) is 6.92 Å². The summed E-state index contributed by atoms with van der Waals surface area (Å²) in [6, 6.07) is 0. The van der Waals surface area contributed by atoms with Crippen molar-refractivity contribution in [3.05, 3.63) is 0 Å². The molecule has 172 valence electrons. The second-order valence-corrected chi connectivity index (χ2v) is 6.82. The number of hydrogen-bond acceptors (Lipinski definition) is 12. The van der Waals surface area contributed by atoms with Crippen LogP contribution in [0.2, 0.25) is 0 Å². The maximum atomic E-state index is 12.5. The standard InChI is InChI=1S/C18H23NO12/c1-7-16(24)19(18(25)27-7)17-15(30-11(5)23)14(29-10(4)22)13(28-9(3)21)12(31-17)6-26-8(2)20/h7,12-15,17H,6H2,1-5H3/t7?,12-,13-,14+,15-,17-/m1/s1. The van der Waals surface area contributed by atoms with Gasteiger partial charge in [0, 0.05) is 27.7 Å². The largest absolute Gasteiger partial charge is 0.463 e. The lowest BCUT2D eigenvalue weighted by atomic mass is 9.96. The van der Waals surface area contributed by atoms with Crippen LogP contribution in [0, 0.1) is 0 Å². The lowest BCUT2D eigenvalue weighted by molar-refractivity contribution is -0.270. The molecule has 13 nitrogen and oxygen atoms in total. The lowest BCUT2D eigenvalue weighted by Crippen LogP contribution is -2.67. The maximum Gasteiger partial charge on any atom is 0.419 e. The van der Waals surface area contributed by atoms with Crippen LogP contribution < -0.4 is 0 Å². The molecule has 2 amide bonds. The van der Waals surface area contributed by atoms with Crippen LogP contribution >= 0.6 is 0 Å². The number of carbonyl (C=O) groups is 6. The molecule has 2 aliphatic heterocycles. The van der Waals surface area contributed by atoms with Crippen LogP contribution in [-0.4, -0.2) is 84.1 Å². The first-order valence-electron chi connectivity index (χ1n) is 9.26. The van der Waals surface area contributed by atoms with Gasteiger partial charge in [-0.2, -0.15) is 0 Å². The van der Waals surface area contributed by atoms with Crippen molar-refractivity contribution < 1.29 is 57.2 Å². The Balaban J connectivity index is 2.53. The Hall–Kier alpha value is -3.22. The van der Waals surface area contributed by atoms with E-state index in [0.29, 0.717) is 4.90 Å². The molecule has 0 saturated carbocycles. The number of imide groups is 1. The van der Waals surface area contributed by atoms with Crippen molar-refractivity contribution in [3.8, 4) is 0 Å². The summed E-state index contributed by atoms with van der Waals surface area (Å²) in [7, 11) is 0. The minimum atomic E-state index is -1.62. The molecule has 2 aliphatic rings. The summed E-state index contributed by atoms with van der Waals surface area (Å²) >= 11 is 0. The zero-order valence-corrected chi connectivity index (χ0v) is 17.5. The Bertz CT molecular complexity index is 780. The van der Waals surface area contributed by atoms with Crippen molar-refractivity contribution in [1.82, 2.24) is 4.90 Å². The summed E-state index contributed by atoms with van der Waals surface area (Å²) in [5, 5.41) is 0. The molecule has 1 unspecified atom stereocenters. The van der Waals surface area contributed by atoms with Crippen LogP contribution in [0.15, 0.2) is 0 Å². The molecule has 0 aromatic heterocycles. The molecule has 0 spiro atoms. The summed E-state index contributed by atoms with van der Waals surface area (Å²) in [6.45, 7) is 5.13. The minimum absolute atomic E-state index is 0.485. The van der Waals surface area contributed by atoms with Crippen molar-refractivity contribution in [2.24, 2.45) is 0 Å². The van der Waals surface area contributed by atoms with Crippen molar-refractivity contribution in [1.29, 1.82) is 0 Å². The van der Waals surface area contributed by atoms with Gasteiger partial charge in [0.05, 0.1) is 0 Å². The van der Waals surface area contributed by atoms with Gasteiger partial charge in [0.15, 0.2) is 30.6 Å². The monoisotopic (exact) mass is 445 g/mol. The van der Waals surface area contributed by atoms with E-state index in [1.807, 2.05) is 0 Å². The van der Waals surface area contributed by atoms with E-state index in [4.69, 9.17) is 28.4 Å². The van der Waals surface area contributed by atoms with Crippen LogP contribution in [0.25, 0.3) is 0 Å². The number of rotatable bonds is 6. The zero-order chi connectivity index (χ0) is 23.5. The van der Waals surface area contributed by atoms with Gasteiger partial charge in [0.2, 0.25) is 0 Å². The fraction of sp³-hybridized carbons (Fsp3) is 0.667. The lowest BCUT2D eigenvalue weighted by Gasteiger charge is -2.45. The van der Waals surface area contributed by atoms with Gasteiger partial charge in [0.25, 0.3) is 5.91 Å². The van der Waals surface area contributed by atoms with Gasteiger partial charge >= 0.3 is 30.0 Å². The van der Waals surface area contributed by atoms with Crippen molar-refractivity contribution in [2.45, 2.75) is 71.4 Å². The molecule has 0 aliphatic carbocycles. The fourth-order valence-corrected chi connectivity index (χ4v) is 3.19. The van der Waals surface area contributed by atoms with Crippen molar-refractivity contribution in [2.75, 3.05) is 6.61 Å². The van der Waals surface area contributed by atoms with E-state index in [0.717, 1.165) is 27.7 Å². The summed E-state index contributed by atoms with van der Waals surface area (Å²) in [5.41, 5.74) is 0. The molecule has 31 heavy (non-hydrogen) atoms. The SMILES string of the molecule is CC(=O)OC[C@H]1O[C@@H](N2C(=O)OC(C)C2=O)[C@H](OC(C)=O)[C@@H](OC(C)=O)[C@@H]1OC(C)=O. The van der Waals surface area contributed by atoms with Crippen LogP contribution in [0.5, 0.6) is 0 Å². The topological polar surface area (TPSA) is 161 Å². The van der Waals surface area contributed by atoms with E-state index in [-0.39, 0.29) is 0 Å². The van der Waals surface area contributed by atoms with Gasteiger partial charge in [-0.1, -0.05) is 0 Å². The van der Waals surface area contributed by atoms with Crippen LogP contribution in [0.1, 0.15) is 34.6 Å². The smallest absolute Gasteiger partial charge is 0.419 e. The van der Waals surface area contributed by atoms with Crippen molar-refractivity contribution >= 4 is 35.9 Å². The molecule has 0 aromatic rings. The average Bonchev–Trinajstić information content (AvgIpc) is 2.88. The van der Waals surface area contributed by atoms with Crippen molar-refractivity contribution in [3.63, 3.8) is 0 Å². The zero-order valence-electron chi connectivity index (χ0n) is 17.5. The quantitative estimate of drug-likeness (QED) is 0.379. The molecule has 0 bridgehead atoms. The second kappa shape index (κ2) is 9.73. The highest BCUT2D eigenvalue weighted by Crippen LogP contribution is 2.33. The van der Waals surface area contributed by atoms with Crippen LogP contribution in [-0.2, 0) is 52.4 Å². The van der Waals surface area contributed by atoms with Gasteiger partial charge in [0.1, 0.15) is 12.7 Å². The number of hydrogen-bond donors (Lipinski definition) is 0. The van der Waals surface area contributed by atoms with E-state index >= 15 is 0 Å². The van der Waals surface area contributed by atoms with E-state index in [2.05, 4.69) is 0 Å². The third-order valence-electron chi connectivity index (χ3n) is 4.28. The number of amides is 2. The van der Waals surface area contributed by atoms with Crippen LogP contribution in [0.3, 0.4) is 0 Å². The van der Waals surface area contributed by atoms with E-state index < -0.39 is 79.2 Å². The molecule has 13 heteroatoms. The molecule has 0 N–H and O–H groups in total. The molecule has 0 radical (unpaired) electrons. The molecule has 0 aromatic carbocycles. The molecule has 2 fully saturated rings. The van der Waals surface area contributed by atoms with Gasteiger partial charge < -0.3 is 28.4 Å². The Labute approximate surface area is 176 Å². The summed E-state index contributed by atoms with van der Waals surface area (Å²) < 4.78 is 31.2. The summed E-state index contributed by atoms with van der Waals surface area (Å²) in [5.74, 6) is -3.99. The van der Waals surface area contributed by atoms with E-state index in [1.54, 1.807) is 0 Å².